The summed E-state index contributed by atoms with van der Waals surface area (Å²) in [5, 5.41) is 3.95. The third kappa shape index (κ3) is 4.19. The van der Waals surface area contributed by atoms with E-state index in [1.54, 1.807) is 12.1 Å². The van der Waals surface area contributed by atoms with Crippen LogP contribution in [0.2, 0.25) is 5.02 Å². The zero-order valence-corrected chi connectivity index (χ0v) is 14.7. The summed E-state index contributed by atoms with van der Waals surface area (Å²) in [5.74, 6) is 0.505. The fourth-order valence-corrected chi connectivity index (χ4v) is 2.96. The molecule has 4 nitrogen and oxygen atoms in total. The summed E-state index contributed by atoms with van der Waals surface area (Å²) in [6.45, 7) is 2.12. The Hall–Kier alpha value is -2.24. The summed E-state index contributed by atoms with van der Waals surface area (Å²) in [7, 11) is 0. The standard InChI is InChI=1S/C18H16ClN3OS/c1-2-12-3-7-14(8-4-12)17-21-18(24-22-17)20-16(23)11-13-5-9-15(19)10-6-13/h3-10H,2,11H2,1H3,(H,20,21,22,23). The molecule has 6 heteroatoms. The first-order chi connectivity index (χ1) is 11.6. The van der Waals surface area contributed by atoms with Crippen molar-refractivity contribution in [1.82, 2.24) is 9.36 Å². The predicted octanol–water partition coefficient (Wildman–Crippen LogP) is 4.60. The number of nitrogens with one attached hydrogen (secondary N) is 1. The molecule has 0 saturated heterocycles. The van der Waals surface area contributed by atoms with Gasteiger partial charge in [-0.3, -0.25) is 4.79 Å². The van der Waals surface area contributed by atoms with E-state index in [4.69, 9.17) is 11.6 Å². The second-order valence-electron chi connectivity index (χ2n) is 5.33. The highest BCUT2D eigenvalue weighted by Gasteiger charge is 2.10. The van der Waals surface area contributed by atoms with Crippen molar-refractivity contribution in [3.63, 3.8) is 0 Å². The lowest BCUT2D eigenvalue weighted by atomic mass is 10.1. The maximum absolute atomic E-state index is 12.1. The molecular formula is C18H16ClN3OS. The predicted molar refractivity (Wildman–Crippen MR) is 98.5 cm³/mol. The molecule has 0 radical (unpaired) electrons. The largest absolute Gasteiger partial charge is 0.300 e. The molecule has 122 valence electrons. The van der Waals surface area contributed by atoms with Crippen LogP contribution in [-0.2, 0) is 17.6 Å². The lowest BCUT2D eigenvalue weighted by Gasteiger charge is -2.02. The van der Waals surface area contributed by atoms with E-state index >= 15 is 0 Å². The molecule has 0 aliphatic rings. The zero-order valence-electron chi connectivity index (χ0n) is 13.1. The molecule has 0 bridgehead atoms. The lowest BCUT2D eigenvalue weighted by molar-refractivity contribution is -0.115. The van der Waals surface area contributed by atoms with Crippen LogP contribution in [0.3, 0.4) is 0 Å². The van der Waals surface area contributed by atoms with Crippen LogP contribution >= 0.6 is 23.1 Å². The number of anilines is 1. The summed E-state index contributed by atoms with van der Waals surface area (Å²) in [6, 6.07) is 15.3. The van der Waals surface area contributed by atoms with Gasteiger partial charge in [-0.05, 0) is 29.7 Å². The SMILES string of the molecule is CCc1ccc(-c2nsc(NC(=O)Cc3ccc(Cl)cc3)n2)cc1. The van der Waals surface area contributed by atoms with Gasteiger partial charge in [0.05, 0.1) is 6.42 Å². The van der Waals surface area contributed by atoms with Crippen LogP contribution in [0.4, 0.5) is 5.13 Å². The number of aromatic nitrogens is 2. The van der Waals surface area contributed by atoms with Gasteiger partial charge in [-0.1, -0.05) is 54.9 Å². The highest BCUT2D eigenvalue weighted by Crippen LogP contribution is 2.22. The molecule has 0 unspecified atom stereocenters. The van der Waals surface area contributed by atoms with Crippen LogP contribution < -0.4 is 5.32 Å². The van der Waals surface area contributed by atoms with Crippen molar-refractivity contribution in [2.24, 2.45) is 0 Å². The Balaban J connectivity index is 1.64. The lowest BCUT2D eigenvalue weighted by Crippen LogP contribution is -2.14. The number of nitrogens with zero attached hydrogens (tertiary/aromatic N) is 2. The molecule has 1 aromatic heterocycles. The molecule has 0 saturated carbocycles. The topological polar surface area (TPSA) is 54.9 Å². The van der Waals surface area contributed by atoms with Gasteiger partial charge in [0.25, 0.3) is 0 Å². The first-order valence-corrected chi connectivity index (χ1v) is 8.76. The van der Waals surface area contributed by atoms with E-state index in [1.165, 1.54) is 17.1 Å². The third-order valence-electron chi connectivity index (χ3n) is 3.57. The van der Waals surface area contributed by atoms with Crippen molar-refractivity contribution in [2.75, 3.05) is 5.32 Å². The van der Waals surface area contributed by atoms with Crippen LogP contribution in [0.1, 0.15) is 18.1 Å². The van der Waals surface area contributed by atoms with Gasteiger partial charge in [0.1, 0.15) is 0 Å². The molecule has 1 heterocycles. The van der Waals surface area contributed by atoms with Gasteiger partial charge >= 0.3 is 0 Å². The number of amides is 1. The van der Waals surface area contributed by atoms with Crippen LogP contribution in [-0.4, -0.2) is 15.3 Å². The number of hydrogen-bond acceptors (Lipinski definition) is 4. The maximum atomic E-state index is 12.1. The molecular weight excluding hydrogens is 342 g/mol. The van der Waals surface area contributed by atoms with Gasteiger partial charge in [0, 0.05) is 22.1 Å². The third-order valence-corrected chi connectivity index (χ3v) is 4.45. The Labute approximate surface area is 149 Å². The second-order valence-corrected chi connectivity index (χ2v) is 6.51. The van der Waals surface area contributed by atoms with Crippen LogP contribution in [0, 0.1) is 0 Å². The molecule has 3 rings (SSSR count). The van der Waals surface area contributed by atoms with Crippen molar-refractivity contribution < 1.29 is 4.79 Å². The number of aryl methyl sites for hydroxylation is 1. The molecule has 0 aliphatic heterocycles. The first-order valence-electron chi connectivity index (χ1n) is 7.61. The number of rotatable bonds is 5. The normalized spacial score (nSPS) is 10.6. The van der Waals surface area contributed by atoms with Gasteiger partial charge < -0.3 is 5.32 Å². The molecule has 2 aromatic carbocycles. The van der Waals surface area contributed by atoms with E-state index in [0.717, 1.165) is 17.5 Å². The van der Waals surface area contributed by atoms with Crippen LogP contribution in [0.15, 0.2) is 48.5 Å². The van der Waals surface area contributed by atoms with Gasteiger partial charge in [-0.2, -0.15) is 9.36 Å². The Bertz CT molecular complexity index is 828. The summed E-state index contributed by atoms with van der Waals surface area (Å²) in [6.07, 6.45) is 1.27. The smallest absolute Gasteiger partial charge is 0.230 e. The maximum Gasteiger partial charge on any atom is 0.230 e. The Morgan fingerprint density at radius 1 is 1.08 bits per heavy atom. The Kier molecular flexibility index (Phi) is 5.23. The number of carbonyl (C=O) groups is 1. The molecule has 0 aliphatic carbocycles. The van der Waals surface area contributed by atoms with Crippen molar-refractivity contribution >= 4 is 34.2 Å². The van der Waals surface area contributed by atoms with E-state index in [1.807, 2.05) is 24.3 Å². The van der Waals surface area contributed by atoms with Crippen molar-refractivity contribution in [1.29, 1.82) is 0 Å². The van der Waals surface area contributed by atoms with E-state index in [-0.39, 0.29) is 12.3 Å². The summed E-state index contributed by atoms with van der Waals surface area (Å²) >= 11 is 7.02. The monoisotopic (exact) mass is 357 g/mol. The summed E-state index contributed by atoms with van der Waals surface area (Å²) in [5.41, 5.74) is 3.11. The van der Waals surface area contributed by atoms with Crippen LogP contribution in [0.5, 0.6) is 0 Å². The van der Waals surface area contributed by atoms with E-state index in [9.17, 15) is 4.79 Å². The molecule has 0 atom stereocenters. The van der Waals surface area contributed by atoms with Gasteiger partial charge in [0.2, 0.25) is 11.0 Å². The fraction of sp³-hybridized carbons (Fsp3) is 0.167. The zero-order chi connectivity index (χ0) is 16.9. The van der Waals surface area contributed by atoms with Crippen molar-refractivity contribution in [3.8, 4) is 11.4 Å². The number of hydrogen-bond donors (Lipinski definition) is 1. The Morgan fingerprint density at radius 2 is 1.75 bits per heavy atom. The van der Waals surface area contributed by atoms with Crippen molar-refractivity contribution in [3.05, 3.63) is 64.7 Å². The van der Waals surface area contributed by atoms with E-state index in [0.29, 0.717) is 16.0 Å². The van der Waals surface area contributed by atoms with E-state index < -0.39 is 0 Å². The van der Waals surface area contributed by atoms with Crippen LogP contribution in [0.25, 0.3) is 11.4 Å². The number of benzene rings is 2. The molecule has 1 N–H and O–H groups in total. The molecule has 3 aromatic rings. The minimum Gasteiger partial charge on any atom is -0.300 e. The second kappa shape index (κ2) is 7.55. The average Bonchev–Trinajstić information content (AvgIpc) is 3.05. The highest BCUT2D eigenvalue weighted by molar-refractivity contribution is 7.10. The molecule has 0 spiro atoms. The Morgan fingerprint density at radius 3 is 2.42 bits per heavy atom. The minimum absolute atomic E-state index is 0.124. The number of carbonyl (C=O) groups excluding carboxylic acids is 1. The average molecular weight is 358 g/mol. The number of halogens is 1. The van der Waals surface area contributed by atoms with E-state index in [2.05, 4.69) is 33.7 Å². The molecule has 1 amide bonds. The minimum atomic E-state index is -0.124. The highest BCUT2D eigenvalue weighted by atomic mass is 35.5. The first kappa shape index (κ1) is 16.6. The summed E-state index contributed by atoms with van der Waals surface area (Å²) < 4.78 is 4.31. The fourth-order valence-electron chi connectivity index (χ4n) is 2.23. The van der Waals surface area contributed by atoms with Gasteiger partial charge in [-0.15, -0.1) is 0 Å². The summed E-state index contributed by atoms with van der Waals surface area (Å²) in [4.78, 5) is 16.5. The van der Waals surface area contributed by atoms with Crippen molar-refractivity contribution in [2.45, 2.75) is 19.8 Å². The van der Waals surface area contributed by atoms with Gasteiger partial charge in [0.15, 0.2) is 5.82 Å². The van der Waals surface area contributed by atoms with Gasteiger partial charge in [-0.25, -0.2) is 0 Å². The molecule has 24 heavy (non-hydrogen) atoms. The molecule has 0 fully saturated rings. The quantitative estimate of drug-likeness (QED) is 0.725.